The first-order valence-electron chi connectivity index (χ1n) is 8.82. The Labute approximate surface area is 163 Å². The molecular formula is C19H18N6O2S. The lowest BCUT2D eigenvalue weighted by Gasteiger charge is -2.14. The molecule has 1 amide bonds. The summed E-state index contributed by atoms with van der Waals surface area (Å²) < 4.78 is 3.10. The second kappa shape index (κ2) is 7.01. The van der Waals surface area contributed by atoms with Crippen molar-refractivity contribution in [3.8, 4) is 0 Å². The molecule has 0 fully saturated rings. The van der Waals surface area contributed by atoms with Crippen LogP contribution in [0.5, 0.6) is 0 Å². The number of aryl methyl sites for hydroxylation is 2. The van der Waals surface area contributed by atoms with Gasteiger partial charge in [-0.05, 0) is 31.0 Å². The zero-order valence-corrected chi connectivity index (χ0v) is 16.2. The summed E-state index contributed by atoms with van der Waals surface area (Å²) in [5.41, 5.74) is 1.69. The summed E-state index contributed by atoms with van der Waals surface area (Å²) in [5, 5.41) is 13.7. The predicted octanol–water partition coefficient (Wildman–Crippen LogP) is 2.56. The zero-order chi connectivity index (χ0) is 19.8. The average molecular weight is 394 g/mol. The summed E-state index contributed by atoms with van der Waals surface area (Å²) in [7, 11) is 0. The Bertz CT molecular complexity index is 1320. The molecule has 8 nitrogen and oxygen atoms in total. The summed E-state index contributed by atoms with van der Waals surface area (Å²) >= 11 is 1.29. The normalized spacial score (nSPS) is 11.2. The van der Waals surface area contributed by atoms with Crippen molar-refractivity contribution in [2.24, 2.45) is 0 Å². The molecule has 0 saturated heterocycles. The maximum Gasteiger partial charge on any atom is 0.267 e. The van der Waals surface area contributed by atoms with Crippen molar-refractivity contribution in [2.45, 2.75) is 26.8 Å². The number of fused-ring (bicyclic) bond motifs is 2. The molecule has 9 heteroatoms. The van der Waals surface area contributed by atoms with E-state index in [0.717, 1.165) is 12.0 Å². The lowest BCUT2D eigenvalue weighted by molar-refractivity contribution is 0.102. The van der Waals surface area contributed by atoms with E-state index in [9.17, 15) is 9.59 Å². The van der Waals surface area contributed by atoms with Gasteiger partial charge in [0, 0.05) is 24.3 Å². The van der Waals surface area contributed by atoms with E-state index in [1.165, 1.54) is 21.8 Å². The smallest absolute Gasteiger partial charge is 0.267 e. The van der Waals surface area contributed by atoms with Crippen LogP contribution in [0.2, 0.25) is 0 Å². The Morgan fingerprint density at radius 3 is 2.89 bits per heavy atom. The van der Waals surface area contributed by atoms with Gasteiger partial charge in [-0.1, -0.05) is 13.0 Å². The van der Waals surface area contributed by atoms with Gasteiger partial charge in [-0.2, -0.15) is 0 Å². The molecule has 0 aliphatic heterocycles. The van der Waals surface area contributed by atoms with Gasteiger partial charge in [0.2, 0.25) is 0 Å². The summed E-state index contributed by atoms with van der Waals surface area (Å²) in [6.07, 6.45) is 3.98. The molecule has 0 unspecified atom stereocenters. The Morgan fingerprint density at radius 1 is 1.36 bits per heavy atom. The third kappa shape index (κ3) is 2.89. The minimum absolute atomic E-state index is 0.0215. The number of pyridine rings is 2. The predicted molar refractivity (Wildman–Crippen MR) is 108 cm³/mol. The second-order valence-electron chi connectivity index (χ2n) is 6.39. The number of thiazole rings is 1. The fraction of sp³-hybridized carbons (Fsp3) is 0.211. The maximum absolute atomic E-state index is 13.1. The number of aromatic nitrogens is 4. The number of hydrogen-bond donors (Lipinski definition) is 2. The molecule has 4 rings (SSSR count). The van der Waals surface area contributed by atoms with Crippen LogP contribution in [0.4, 0.5) is 5.13 Å². The molecule has 4 heterocycles. The van der Waals surface area contributed by atoms with Crippen LogP contribution < -0.4 is 16.4 Å². The highest BCUT2D eigenvalue weighted by Gasteiger charge is 2.18. The van der Waals surface area contributed by atoms with Gasteiger partial charge in [-0.15, -0.1) is 11.3 Å². The molecule has 0 saturated carbocycles. The van der Waals surface area contributed by atoms with Crippen LogP contribution in [-0.2, 0) is 6.54 Å². The molecule has 0 spiro atoms. The molecule has 0 atom stereocenters. The van der Waals surface area contributed by atoms with Crippen molar-refractivity contribution in [2.75, 3.05) is 5.32 Å². The molecule has 2 N–H and O–H groups in total. The first-order chi connectivity index (χ1) is 13.5. The number of nitrogens with one attached hydrogen (secondary N) is 2. The van der Waals surface area contributed by atoms with Crippen molar-refractivity contribution in [3.63, 3.8) is 0 Å². The van der Waals surface area contributed by atoms with Crippen LogP contribution in [0, 0.1) is 12.3 Å². The molecular weight excluding hydrogens is 376 g/mol. The summed E-state index contributed by atoms with van der Waals surface area (Å²) in [6.45, 7) is 4.33. The fourth-order valence-electron chi connectivity index (χ4n) is 3.16. The molecule has 0 aliphatic rings. The monoisotopic (exact) mass is 394 g/mol. The topological polar surface area (TPSA) is 105 Å². The Kier molecular flexibility index (Phi) is 4.52. The Balaban J connectivity index is 2.02. The third-order valence-corrected chi connectivity index (χ3v) is 5.17. The van der Waals surface area contributed by atoms with E-state index in [-0.39, 0.29) is 16.6 Å². The number of amides is 1. The minimum Gasteiger partial charge on any atom is -0.310 e. The fourth-order valence-corrected chi connectivity index (χ4v) is 3.68. The number of carbonyl (C=O) groups is 1. The molecule has 0 aromatic carbocycles. The number of hydrogen-bond acceptors (Lipinski definition) is 6. The second-order valence-corrected chi connectivity index (χ2v) is 7.28. The molecule has 4 aromatic heterocycles. The maximum atomic E-state index is 13.1. The first-order valence-corrected chi connectivity index (χ1v) is 9.70. The lowest BCUT2D eigenvalue weighted by Crippen LogP contribution is -2.32. The van der Waals surface area contributed by atoms with Gasteiger partial charge in [0.1, 0.15) is 16.8 Å². The zero-order valence-electron chi connectivity index (χ0n) is 15.4. The van der Waals surface area contributed by atoms with E-state index in [0.29, 0.717) is 28.4 Å². The standard InChI is InChI=1S/C19H18N6O2S/c1-3-7-24-14(20)12(17(26)23-19-21-6-9-28-19)10-13-16(24)22-15-11(2)5-4-8-25(15)18(13)27/h4-6,8-10,20H,3,7H2,1-2H3,(H,21,23,26). The SMILES string of the molecule is CCCn1c(=N)c(C(=O)Nc2nccs2)cc2c(=O)n3cccc(C)c3nc21. The summed E-state index contributed by atoms with van der Waals surface area (Å²) in [4.78, 5) is 34.6. The Morgan fingerprint density at radius 2 is 2.18 bits per heavy atom. The van der Waals surface area contributed by atoms with Gasteiger partial charge in [-0.3, -0.25) is 24.7 Å². The van der Waals surface area contributed by atoms with E-state index in [2.05, 4.69) is 15.3 Å². The lowest BCUT2D eigenvalue weighted by atomic mass is 10.2. The van der Waals surface area contributed by atoms with E-state index < -0.39 is 5.91 Å². The van der Waals surface area contributed by atoms with E-state index in [1.807, 2.05) is 19.9 Å². The van der Waals surface area contributed by atoms with Crippen molar-refractivity contribution < 1.29 is 4.79 Å². The van der Waals surface area contributed by atoms with Crippen LogP contribution >= 0.6 is 11.3 Å². The molecule has 0 radical (unpaired) electrons. The number of carbonyl (C=O) groups excluding carboxylic acids is 1. The molecule has 28 heavy (non-hydrogen) atoms. The largest absolute Gasteiger partial charge is 0.310 e. The van der Waals surface area contributed by atoms with Gasteiger partial charge in [0.05, 0.1) is 10.9 Å². The van der Waals surface area contributed by atoms with Crippen molar-refractivity contribution in [3.05, 3.63) is 62.9 Å². The van der Waals surface area contributed by atoms with E-state index in [1.54, 1.807) is 28.4 Å². The summed E-state index contributed by atoms with van der Waals surface area (Å²) in [5.74, 6) is -0.472. The highest BCUT2D eigenvalue weighted by molar-refractivity contribution is 7.13. The highest BCUT2D eigenvalue weighted by atomic mass is 32.1. The van der Waals surface area contributed by atoms with Crippen LogP contribution in [0.3, 0.4) is 0 Å². The quantitative estimate of drug-likeness (QED) is 0.519. The van der Waals surface area contributed by atoms with Gasteiger partial charge in [0.25, 0.3) is 11.5 Å². The van der Waals surface area contributed by atoms with E-state index >= 15 is 0 Å². The van der Waals surface area contributed by atoms with Crippen LogP contribution in [0.15, 0.2) is 40.8 Å². The van der Waals surface area contributed by atoms with Gasteiger partial charge < -0.3 is 4.57 Å². The summed E-state index contributed by atoms with van der Waals surface area (Å²) in [6, 6.07) is 5.12. The van der Waals surface area contributed by atoms with E-state index in [4.69, 9.17) is 5.41 Å². The number of nitrogens with zero attached hydrogens (tertiary/aromatic N) is 4. The average Bonchev–Trinajstić information content (AvgIpc) is 3.18. The van der Waals surface area contributed by atoms with Gasteiger partial charge >= 0.3 is 0 Å². The first kappa shape index (κ1) is 18.1. The molecule has 0 aliphatic carbocycles. The molecule has 4 aromatic rings. The van der Waals surface area contributed by atoms with Crippen molar-refractivity contribution in [1.29, 1.82) is 5.41 Å². The Hall–Kier alpha value is -3.33. The number of rotatable bonds is 4. The molecule has 0 bridgehead atoms. The number of anilines is 1. The van der Waals surface area contributed by atoms with Crippen LogP contribution in [-0.4, -0.2) is 24.8 Å². The van der Waals surface area contributed by atoms with Gasteiger partial charge in [-0.25, -0.2) is 9.97 Å². The third-order valence-electron chi connectivity index (χ3n) is 4.48. The van der Waals surface area contributed by atoms with Gasteiger partial charge in [0.15, 0.2) is 5.13 Å². The minimum atomic E-state index is -0.472. The highest BCUT2D eigenvalue weighted by Crippen LogP contribution is 2.15. The van der Waals surface area contributed by atoms with Crippen LogP contribution in [0.25, 0.3) is 16.7 Å². The van der Waals surface area contributed by atoms with Crippen molar-refractivity contribution in [1.82, 2.24) is 18.9 Å². The molecule has 142 valence electrons. The van der Waals surface area contributed by atoms with Crippen LogP contribution in [0.1, 0.15) is 29.3 Å². The van der Waals surface area contributed by atoms with Crippen molar-refractivity contribution >= 4 is 39.1 Å².